The number of aromatic nitrogens is 4. The Kier molecular flexibility index (Phi) is 5.55. The van der Waals surface area contributed by atoms with Gasteiger partial charge in [0.05, 0.1) is 12.2 Å². The van der Waals surface area contributed by atoms with Gasteiger partial charge in [0.15, 0.2) is 5.13 Å². The molecule has 1 amide bonds. The lowest BCUT2D eigenvalue weighted by Crippen LogP contribution is -2.13. The van der Waals surface area contributed by atoms with E-state index in [0.717, 1.165) is 28.1 Å². The zero-order valence-electron chi connectivity index (χ0n) is 17.1. The molecule has 5 rings (SSSR count). The van der Waals surface area contributed by atoms with E-state index in [1.807, 2.05) is 76.9 Å². The molecule has 0 aliphatic rings. The number of rotatable bonds is 6. The molecular formula is C25H19N5OS. The summed E-state index contributed by atoms with van der Waals surface area (Å²) in [7, 11) is 0. The van der Waals surface area contributed by atoms with Crippen molar-refractivity contribution in [3.05, 3.63) is 108 Å². The van der Waals surface area contributed by atoms with Gasteiger partial charge in [-0.2, -0.15) is 5.10 Å². The first-order valence-electron chi connectivity index (χ1n) is 10.1. The molecule has 0 spiro atoms. The van der Waals surface area contributed by atoms with Gasteiger partial charge in [0.25, 0.3) is 5.91 Å². The Morgan fingerprint density at radius 2 is 1.75 bits per heavy atom. The predicted molar refractivity (Wildman–Crippen MR) is 127 cm³/mol. The zero-order chi connectivity index (χ0) is 21.8. The smallest absolute Gasteiger partial charge is 0.258 e. The second-order valence-electron chi connectivity index (χ2n) is 7.15. The van der Waals surface area contributed by atoms with Gasteiger partial charge in [-0.05, 0) is 41.0 Å². The maximum atomic E-state index is 13.1. The molecule has 3 heterocycles. The summed E-state index contributed by atoms with van der Waals surface area (Å²) >= 11 is 1.38. The van der Waals surface area contributed by atoms with E-state index in [2.05, 4.69) is 32.5 Å². The second-order valence-corrected chi connectivity index (χ2v) is 8.01. The molecule has 7 heteroatoms. The van der Waals surface area contributed by atoms with Gasteiger partial charge < -0.3 is 0 Å². The van der Waals surface area contributed by atoms with Crippen molar-refractivity contribution in [2.45, 2.75) is 6.54 Å². The molecule has 0 saturated carbocycles. The number of amides is 1. The third kappa shape index (κ3) is 4.33. The molecule has 6 nitrogen and oxygen atoms in total. The Morgan fingerprint density at radius 1 is 0.906 bits per heavy atom. The van der Waals surface area contributed by atoms with Crippen molar-refractivity contribution in [2.24, 2.45) is 0 Å². The minimum absolute atomic E-state index is 0.192. The van der Waals surface area contributed by atoms with Crippen LogP contribution in [0.1, 0.15) is 15.9 Å². The number of benzene rings is 2. The maximum absolute atomic E-state index is 13.1. The van der Waals surface area contributed by atoms with E-state index in [0.29, 0.717) is 17.2 Å². The van der Waals surface area contributed by atoms with Gasteiger partial charge in [0.2, 0.25) is 0 Å². The van der Waals surface area contributed by atoms with Gasteiger partial charge in [-0.3, -0.25) is 19.8 Å². The summed E-state index contributed by atoms with van der Waals surface area (Å²) < 4.78 is 1.88. The monoisotopic (exact) mass is 437 g/mol. The van der Waals surface area contributed by atoms with Gasteiger partial charge in [-0.1, -0.05) is 48.5 Å². The van der Waals surface area contributed by atoms with Crippen LogP contribution in [0.5, 0.6) is 0 Å². The van der Waals surface area contributed by atoms with E-state index in [4.69, 9.17) is 0 Å². The summed E-state index contributed by atoms with van der Waals surface area (Å²) in [5, 5.41) is 9.61. The standard InChI is InChI=1S/C25H19N5OS/c31-24(29-25-28-23(17-32-25)22-8-3-4-13-26-22)21-7-2-1-6-20(21)19-11-9-18(10-12-19)16-30-15-5-14-27-30/h1-15,17H,16H2,(H,28,29,31). The lowest BCUT2D eigenvalue weighted by Gasteiger charge is -2.10. The molecule has 2 aromatic carbocycles. The average molecular weight is 438 g/mol. The lowest BCUT2D eigenvalue weighted by atomic mass is 9.98. The Bertz CT molecular complexity index is 1330. The number of carbonyl (C=O) groups excluding carboxylic acids is 1. The van der Waals surface area contributed by atoms with E-state index in [1.54, 1.807) is 12.4 Å². The number of anilines is 1. The highest BCUT2D eigenvalue weighted by molar-refractivity contribution is 7.14. The second kappa shape index (κ2) is 8.95. The van der Waals surface area contributed by atoms with Crippen LogP contribution < -0.4 is 5.32 Å². The molecule has 32 heavy (non-hydrogen) atoms. The first-order valence-corrected chi connectivity index (χ1v) is 11.0. The molecule has 156 valence electrons. The molecule has 0 fully saturated rings. The highest BCUT2D eigenvalue weighted by Gasteiger charge is 2.15. The summed E-state index contributed by atoms with van der Waals surface area (Å²) in [5.41, 5.74) is 5.11. The van der Waals surface area contributed by atoms with Crippen LogP contribution in [0.4, 0.5) is 5.13 Å². The Balaban J connectivity index is 1.35. The average Bonchev–Trinajstić information content (AvgIpc) is 3.53. The molecule has 0 aliphatic carbocycles. The highest BCUT2D eigenvalue weighted by atomic mass is 32.1. The van der Waals surface area contributed by atoms with Crippen molar-refractivity contribution in [2.75, 3.05) is 5.32 Å². The highest BCUT2D eigenvalue weighted by Crippen LogP contribution is 2.27. The molecule has 0 radical (unpaired) electrons. The topological polar surface area (TPSA) is 72.7 Å². The number of pyridine rings is 1. The number of carbonyl (C=O) groups is 1. The summed E-state index contributed by atoms with van der Waals surface area (Å²) in [6, 6.07) is 23.4. The van der Waals surface area contributed by atoms with Crippen molar-refractivity contribution in [3.63, 3.8) is 0 Å². The van der Waals surface area contributed by atoms with Gasteiger partial charge in [0, 0.05) is 29.5 Å². The van der Waals surface area contributed by atoms with Crippen LogP contribution in [0.25, 0.3) is 22.5 Å². The summed E-state index contributed by atoms with van der Waals surface area (Å²) in [4.78, 5) is 21.9. The number of hydrogen-bond acceptors (Lipinski definition) is 5. The van der Waals surface area contributed by atoms with Gasteiger partial charge in [-0.25, -0.2) is 4.98 Å². The summed E-state index contributed by atoms with van der Waals surface area (Å²) in [6.45, 7) is 0.706. The van der Waals surface area contributed by atoms with Crippen LogP contribution >= 0.6 is 11.3 Å². The molecule has 0 saturated heterocycles. The normalized spacial score (nSPS) is 10.8. The minimum Gasteiger partial charge on any atom is -0.298 e. The predicted octanol–water partition coefficient (Wildman–Crippen LogP) is 5.37. The fraction of sp³-hybridized carbons (Fsp3) is 0.0400. The lowest BCUT2D eigenvalue weighted by molar-refractivity contribution is 0.102. The molecule has 5 aromatic rings. The Hall–Kier alpha value is -4.10. The molecule has 3 aromatic heterocycles. The SMILES string of the molecule is O=C(Nc1nc(-c2ccccn2)cs1)c1ccccc1-c1ccc(Cn2cccn2)cc1. The van der Waals surface area contributed by atoms with Crippen LogP contribution in [-0.4, -0.2) is 25.7 Å². The number of thiazole rings is 1. The van der Waals surface area contributed by atoms with E-state index in [1.165, 1.54) is 11.3 Å². The first-order chi connectivity index (χ1) is 15.8. The van der Waals surface area contributed by atoms with E-state index in [9.17, 15) is 4.79 Å². The van der Waals surface area contributed by atoms with Crippen LogP contribution in [0.3, 0.4) is 0 Å². The molecule has 0 aliphatic heterocycles. The van der Waals surface area contributed by atoms with Gasteiger partial charge >= 0.3 is 0 Å². The molecule has 0 atom stereocenters. The molecule has 0 bridgehead atoms. The van der Waals surface area contributed by atoms with Crippen LogP contribution in [0.2, 0.25) is 0 Å². The van der Waals surface area contributed by atoms with Crippen LogP contribution in [0, 0.1) is 0 Å². The summed E-state index contributed by atoms with van der Waals surface area (Å²) in [6.07, 6.45) is 5.43. The van der Waals surface area contributed by atoms with Crippen molar-refractivity contribution in [1.29, 1.82) is 0 Å². The largest absolute Gasteiger partial charge is 0.298 e. The van der Waals surface area contributed by atoms with Crippen molar-refractivity contribution in [3.8, 4) is 22.5 Å². The fourth-order valence-electron chi connectivity index (χ4n) is 3.43. The van der Waals surface area contributed by atoms with E-state index < -0.39 is 0 Å². The number of nitrogens with one attached hydrogen (secondary N) is 1. The molecular weight excluding hydrogens is 418 g/mol. The quantitative estimate of drug-likeness (QED) is 0.388. The number of nitrogens with zero attached hydrogens (tertiary/aromatic N) is 4. The molecule has 0 unspecified atom stereocenters. The van der Waals surface area contributed by atoms with Crippen molar-refractivity contribution in [1.82, 2.24) is 19.7 Å². The van der Waals surface area contributed by atoms with Gasteiger partial charge in [-0.15, -0.1) is 11.3 Å². The Morgan fingerprint density at radius 3 is 2.53 bits per heavy atom. The van der Waals surface area contributed by atoms with E-state index in [-0.39, 0.29) is 5.91 Å². The molecule has 1 N–H and O–H groups in total. The van der Waals surface area contributed by atoms with Crippen LogP contribution in [0.15, 0.2) is 96.8 Å². The van der Waals surface area contributed by atoms with Crippen LogP contribution in [-0.2, 0) is 6.54 Å². The maximum Gasteiger partial charge on any atom is 0.258 e. The first kappa shape index (κ1) is 19.8. The third-order valence-electron chi connectivity index (χ3n) is 4.99. The minimum atomic E-state index is -0.192. The fourth-order valence-corrected chi connectivity index (χ4v) is 4.13. The Labute approximate surface area is 189 Å². The number of hydrogen-bond donors (Lipinski definition) is 1. The summed E-state index contributed by atoms with van der Waals surface area (Å²) in [5.74, 6) is -0.192. The van der Waals surface area contributed by atoms with Gasteiger partial charge in [0.1, 0.15) is 5.69 Å². The zero-order valence-corrected chi connectivity index (χ0v) is 17.9. The third-order valence-corrected chi connectivity index (χ3v) is 5.75. The van der Waals surface area contributed by atoms with Crippen molar-refractivity contribution < 1.29 is 4.79 Å². The van der Waals surface area contributed by atoms with Crippen molar-refractivity contribution >= 4 is 22.4 Å². The van der Waals surface area contributed by atoms with E-state index >= 15 is 0 Å².